The van der Waals surface area contributed by atoms with Crippen molar-refractivity contribution in [1.29, 1.82) is 0 Å². The highest BCUT2D eigenvalue weighted by molar-refractivity contribution is 6.76. The average molecular weight is 459 g/mol. The number of hydrogen-bond acceptors (Lipinski definition) is 5. The van der Waals surface area contributed by atoms with Gasteiger partial charge >= 0.3 is 0 Å². The van der Waals surface area contributed by atoms with Crippen LogP contribution < -0.4 is 0 Å². The first kappa shape index (κ1) is 21.6. The van der Waals surface area contributed by atoms with Crippen molar-refractivity contribution in [3.8, 4) is 22.5 Å². The van der Waals surface area contributed by atoms with E-state index in [2.05, 4.69) is 39.8 Å². The maximum absolute atomic E-state index is 14.9. The summed E-state index contributed by atoms with van der Waals surface area (Å²) in [5.41, 5.74) is 2.95. The molecule has 0 unspecified atom stereocenters. The Hall–Kier alpha value is -2.62. The molecule has 0 amide bonds. The maximum Gasteiger partial charge on any atom is 0.140 e. The lowest BCUT2D eigenvalue weighted by Gasteiger charge is -2.15. The third-order valence-electron chi connectivity index (χ3n) is 4.93. The van der Waals surface area contributed by atoms with E-state index in [0.717, 1.165) is 11.4 Å². The maximum atomic E-state index is 14.9. The van der Waals surface area contributed by atoms with Crippen LogP contribution >= 0.6 is 11.6 Å². The van der Waals surface area contributed by atoms with Crippen LogP contribution in [-0.2, 0) is 18.5 Å². The molecule has 3 heterocycles. The van der Waals surface area contributed by atoms with Crippen molar-refractivity contribution in [3.63, 3.8) is 0 Å². The van der Waals surface area contributed by atoms with Crippen LogP contribution in [0.15, 0.2) is 36.9 Å². The predicted octanol–water partition coefficient (Wildman–Crippen LogP) is 5.00. The van der Waals surface area contributed by atoms with Gasteiger partial charge in [0.25, 0.3) is 0 Å². The van der Waals surface area contributed by atoms with Crippen molar-refractivity contribution in [2.75, 3.05) is 6.61 Å². The summed E-state index contributed by atoms with van der Waals surface area (Å²) >= 11 is 6.12. The summed E-state index contributed by atoms with van der Waals surface area (Å²) in [7, 11) is 0.583. The minimum Gasteiger partial charge on any atom is -0.360 e. The molecule has 0 saturated carbocycles. The van der Waals surface area contributed by atoms with E-state index in [-0.39, 0.29) is 12.5 Å². The van der Waals surface area contributed by atoms with E-state index in [1.54, 1.807) is 40.9 Å². The van der Waals surface area contributed by atoms with E-state index in [1.807, 2.05) is 0 Å². The fourth-order valence-electron chi connectivity index (χ4n) is 3.29. The SMILES string of the molecule is Cn1cc(-c2cc3c(-c4cc(Cl)ncn4)n(COCC[Si](C)(C)C)nc3cc2F)cn1. The molecule has 0 aliphatic rings. The molecule has 0 atom stereocenters. The number of aromatic nitrogens is 6. The van der Waals surface area contributed by atoms with Crippen LogP contribution in [0.4, 0.5) is 4.39 Å². The number of nitrogens with zero attached hydrogens (tertiary/aromatic N) is 6. The van der Waals surface area contributed by atoms with Crippen molar-refractivity contribution >= 4 is 30.6 Å². The summed E-state index contributed by atoms with van der Waals surface area (Å²) in [6.45, 7) is 7.78. The van der Waals surface area contributed by atoms with Crippen molar-refractivity contribution < 1.29 is 9.13 Å². The first-order valence-corrected chi connectivity index (χ1v) is 14.0. The fourth-order valence-corrected chi connectivity index (χ4v) is 4.20. The molecule has 0 aliphatic heterocycles. The lowest BCUT2D eigenvalue weighted by molar-refractivity contribution is 0.0802. The molecule has 0 N–H and O–H groups in total. The number of aryl methyl sites for hydroxylation is 1. The van der Waals surface area contributed by atoms with Gasteiger partial charge in [-0.2, -0.15) is 10.2 Å². The van der Waals surface area contributed by atoms with Crippen molar-refractivity contribution in [1.82, 2.24) is 29.5 Å². The third-order valence-corrected chi connectivity index (χ3v) is 6.84. The molecule has 3 aromatic heterocycles. The molecule has 10 heteroatoms. The first-order chi connectivity index (χ1) is 14.7. The Morgan fingerprint density at radius 3 is 2.65 bits per heavy atom. The average Bonchev–Trinajstić information content (AvgIpc) is 3.26. The van der Waals surface area contributed by atoms with Crippen LogP contribution in [-0.4, -0.2) is 44.2 Å². The van der Waals surface area contributed by atoms with E-state index >= 15 is 0 Å². The second-order valence-electron chi connectivity index (χ2n) is 8.67. The highest BCUT2D eigenvalue weighted by atomic mass is 35.5. The van der Waals surface area contributed by atoms with Gasteiger partial charge in [0.15, 0.2) is 0 Å². The molecular weight excluding hydrogens is 435 g/mol. The van der Waals surface area contributed by atoms with E-state index in [1.165, 1.54) is 12.4 Å². The monoisotopic (exact) mass is 458 g/mol. The lowest BCUT2D eigenvalue weighted by atomic mass is 10.0. The highest BCUT2D eigenvalue weighted by Gasteiger charge is 2.20. The standard InChI is InChI=1S/C21H24ClFN6OSi/c1-28-11-14(10-26-28)15-7-16-18(8-17(15)23)27-29(13-30-5-6-31(2,3)4)21(16)19-9-20(22)25-12-24-19/h7-12H,5-6,13H2,1-4H3. The van der Waals surface area contributed by atoms with E-state index in [0.29, 0.717) is 39.8 Å². The number of halogens is 2. The molecule has 0 spiro atoms. The van der Waals surface area contributed by atoms with Crippen LogP contribution in [0.25, 0.3) is 33.4 Å². The largest absolute Gasteiger partial charge is 0.360 e. The smallest absolute Gasteiger partial charge is 0.140 e. The number of fused-ring (bicyclic) bond motifs is 1. The Bertz CT molecular complexity index is 1230. The van der Waals surface area contributed by atoms with E-state index in [4.69, 9.17) is 16.3 Å². The Kier molecular flexibility index (Phi) is 5.91. The minimum atomic E-state index is -1.21. The Morgan fingerprint density at radius 2 is 1.97 bits per heavy atom. The van der Waals surface area contributed by atoms with Crippen molar-refractivity contribution in [2.45, 2.75) is 32.4 Å². The summed E-state index contributed by atoms with van der Waals surface area (Å²) in [6, 6.07) is 5.92. The topological polar surface area (TPSA) is 70.7 Å². The summed E-state index contributed by atoms with van der Waals surface area (Å²) in [5.74, 6) is -0.364. The number of rotatable bonds is 7. The van der Waals surface area contributed by atoms with Crippen LogP contribution in [0.3, 0.4) is 0 Å². The summed E-state index contributed by atoms with van der Waals surface area (Å²) < 4.78 is 24.2. The molecule has 0 bridgehead atoms. The van der Waals surface area contributed by atoms with Gasteiger partial charge in [0.1, 0.15) is 24.0 Å². The van der Waals surface area contributed by atoms with Gasteiger partial charge < -0.3 is 4.74 Å². The molecule has 162 valence electrons. The van der Waals surface area contributed by atoms with Crippen LogP contribution in [0.5, 0.6) is 0 Å². The van der Waals surface area contributed by atoms with Gasteiger partial charge in [0.2, 0.25) is 0 Å². The van der Waals surface area contributed by atoms with Crippen molar-refractivity contribution in [3.05, 3.63) is 47.9 Å². The van der Waals surface area contributed by atoms with Crippen LogP contribution in [0.2, 0.25) is 30.8 Å². The number of ether oxygens (including phenoxy) is 1. The van der Waals surface area contributed by atoms with Crippen molar-refractivity contribution in [2.24, 2.45) is 7.05 Å². The molecular formula is C21H24ClFN6OSi. The Morgan fingerprint density at radius 1 is 1.16 bits per heavy atom. The van der Waals surface area contributed by atoms with Gasteiger partial charge in [0, 0.05) is 56.6 Å². The fraction of sp³-hybridized carbons (Fsp3) is 0.333. The molecule has 0 fully saturated rings. The zero-order chi connectivity index (χ0) is 22.2. The molecule has 0 aliphatic carbocycles. The second kappa shape index (κ2) is 8.49. The number of hydrogen-bond donors (Lipinski definition) is 0. The summed E-state index contributed by atoms with van der Waals surface area (Å²) in [4.78, 5) is 8.34. The minimum absolute atomic E-state index is 0.236. The van der Waals surface area contributed by atoms with Gasteiger partial charge in [-0.15, -0.1) is 0 Å². The second-order valence-corrected chi connectivity index (χ2v) is 14.7. The van der Waals surface area contributed by atoms with Gasteiger partial charge in [-0.25, -0.2) is 19.0 Å². The van der Waals surface area contributed by atoms with E-state index < -0.39 is 8.07 Å². The summed E-state index contributed by atoms with van der Waals surface area (Å²) in [6.07, 6.45) is 4.81. The van der Waals surface area contributed by atoms with Gasteiger partial charge in [0.05, 0.1) is 23.1 Å². The summed E-state index contributed by atoms with van der Waals surface area (Å²) in [5, 5.41) is 9.82. The molecule has 0 saturated heterocycles. The molecule has 4 aromatic rings. The van der Waals surface area contributed by atoms with E-state index in [9.17, 15) is 4.39 Å². The zero-order valence-electron chi connectivity index (χ0n) is 17.9. The quantitative estimate of drug-likeness (QED) is 0.221. The van der Waals surface area contributed by atoms with Gasteiger partial charge in [-0.3, -0.25) is 4.68 Å². The van der Waals surface area contributed by atoms with Gasteiger partial charge in [-0.1, -0.05) is 31.2 Å². The Labute approximate surface area is 185 Å². The molecule has 0 radical (unpaired) electrons. The lowest BCUT2D eigenvalue weighted by Crippen LogP contribution is -2.22. The zero-order valence-corrected chi connectivity index (χ0v) is 19.7. The van der Waals surface area contributed by atoms with Gasteiger partial charge in [-0.05, 0) is 12.1 Å². The predicted molar refractivity (Wildman–Crippen MR) is 122 cm³/mol. The Balaban J connectivity index is 1.79. The third kappa shape index (κ3) is 4.84. The number of benzene rings is 1. The van der Waals surface area contributed by atoms with Crippen LogP contribution in [0, 0.1) is 5.82 Å². The normalized spacial score (nSPS) is 12.1. The molecule has 31 heavy (non-hydrogen) atoms. The molecule has 1 aromatic carbocycles. The molecule has 4 rings (SSSR count). The molecule has 7 nitrogen and oxygen atoms in total. The first-order valence-electron chi connectivity index (χ1n) is 9.96. The van der Waals surface area contributed by atoms with Crippen LogP contribution in [0.1, 0.15) is 0 Å². The highest BCUT2D eigenvalue weighted by Crippen LogP contribution is 2.33.